The van der Waals surface area contributed by atoms with Crippen LogP contribution in [0, 0.1) is 0 Å². The van der Waals surface area contributed by atoms with Crippen LogP contribution in [-0.4, -0.2) is 39.6 Å². The molecular formula is C15H23NO3. The molecule has 0 atom stereocenters. The van der Waals surface area contributed by atoms with Gasteiger partial charge < -0.3 is 19.5 Å². The zero-order valence-corrected chi connectivity index (χ0v) is 11.6. The minimum atomic E-state index is 0.338. The third kappa shape index (κ3) is 4.82. The molecule has 19 heavy (non-hydrogen) atoms. The summed E-state index contributed by atoms with van der Waals surface area (Å²) in [5.74, 6) is 0.937. The van der Waals surface area contributed by atoms with E-state index in [0.29, 0.717) is 19.3 Å². The van der Waals surface area contributed by atoms with Gasteiger partial charge in [-0.15, -0.1) is 0 Å². The molecule has 0 unspecified atom stereocenters. The Balaban J connectivity index is 1.70. The summed E-state index contributed by atoms with van der Waals surface area (Å²) >= 11 is 0. The van der Waals surface area contributed by atoms with Crippen molar-refractivity contribution in [2.45, 2.75) is 25.5 Å². The quantitative estimate of drug-likeness (QED) is 0.765. The molecular weight excluding hydrogens is 242 g/mol. The van der Waals surface area contributed by atoms with Gasteiger partial charge in [-0.25, -0.2) is 0 Å². The fourth-order valence-electron chi connectivity index (χ4n) is 2.19. The Labute approximate surface area is 115 Å². The highest BCUT2D eigenvalue weighted by molar-refractivity contribution is 5.33. The van der Waals surface area contributed by atoms with Crippen molar-refractivity contribution in [2.75, 3.05) is 33.5 Å². The molecule has 0 aliphatic carbocycles. The van der Waals surface area contributed by atoms with Gasteiger partial charge >= 0.3 is 0 Å². The van der Waals surface area contributed by atoms with Gasteiger partial charge in [-0.1, -0.05) is 18.2 Å². The van der Waals surface area contributed by atoms with Crippen LogP contribution in [0.4, 0.5) is 0 Å². The lowest BCUT2D eigenvalue weighted by atomic mass is 10.2. The first-order chi connectivity index (χ1) is 9.40. The minimum absolute atomic E-state index is 0.338. The van der Waals surface area contributed by atoms with Gasteiger partial charge in [0, 0.05) is 25.3 Å². The molecule has 0 saturated carbocycles. The largest absolute Gasteiger partial charge is 0.491 e. The van der Waals surface area contributed by atoms with Crippen molar-refractivity contribution in [3.05, 3.63) is 29.8 Å². The SMILES string of the molecule is CNCc1ccccc1OCCOC1CCOCC1. The van der Waals surface area contributed by atoms with Crippen LogP contribution in [0.15, 0.2) is 24.3 Å². The van der Waals surface area contributed by atoms with Crippen LogP contribution in [0.3, 0.4) is 0 Å². The van der Waals surface area contributed by atoms with E-state index in [0.717, 1.165) is 38.3 Å². The third-order valence-electron chi connectivity index (χ3n) is 3.20. The van der Waals surface area contributed by atoms with Crippen molar-refractivity contribution >= 4 is 0 Å². The maximum absolute atomic E-state index is 5.78. The van der Waals surface area contributed by atoms with E-state index in [9.17, 15) is 0 Å². The van der Waals surface area contributed by atoms with Gasteiger partial charge in [-0.05, 0) is 26.0 Å². The Hall–Kier alpha value is -1.10. The predicted octanol–water partition coefficient (Wildman–Crippen LogP) is 1.98. The summed E-state index contributed by atoms with van der Waals surface area (Å²) in [5, 5.41) is 3.14. The molecule has 1 aliphatic rings. The molecule has 0 spiro atoms. The Morgan fingerprint density at radius 3 is 2.79 bits per heavy atom. The summed E-state index contributed by atoms with van der Waals surface area (Å²) in [5.41, 5.74) is 1.18. The van der Waals surface area contributed by atoms with Crippen LogP contribution in [0.25, 0.3) is 0 Å². The molecule has 4 nitrogen and oxygen atoms in total. The zero-order valence-electron chi connectivity index (χ0n) is 11.6. The number of ether oxygens (including phenoxy) is 3. The maximum Gasteiger partial charge on any atom is 0.123 e. The van der Waals surface area contributed by atoms with E-state index >= 15 is 0 Å². The van der Waals surface area contributed by atoms with Crippen molar-refractivity contribution < 1.29 is 14.2 Å². The molecule has 1 N–H and O–H groups in total. The maximum atomic E-state index is 5.78. The van der Waals surface area contributed by atoms with Crippen LogP contribution >= 0.6 is 0 Å². The van der Waals surface area contributed by atoms with Crippen LogP contribution < -0.4 is 10.1 Å². The summed E-state index contributed by atoms with van der Waals surface area (Å²) < 4.78 is 16.9. The number of hydrogen-bond acceptors (Lipinski definition) is 4. The molecule has 4 heteroatoms. The molecule has 0 amide bonds. The lowest BCUT2D eigenvalue weighted by Crippen LogP contribution is -2.25. The van der Waals surface area contributed by atoms with Crippen LogP contribution in [0.1, 0.15) is 18.4 Å². The van der Waals surface area contributed by atoms with Crippen molar-refractivity contribution in [3.8, 4) is 5.75 Å². The number of hydrogen-bond donors (Lipinski definition) is 1. The second-order valence-corrected chi connectivity index (χ2v) is 4.67. The number of nitrogens with one attached hydrogen (secondary N) is 1. The first-order valence-corrected chi connectivity index (χ1v) is 6.95. The topological polar surface area (TPSA) is 39.7 Å². The third-order valence-corrected chi connectivity index (χ3v) is 3.20. The molecule has 1 saturated heterocycles. The first kappa shape index (κ1) is 14.3. The van der Waals surface area contributed by atoms with E-state index in [-0.39, 0.29) is 0 Å². The first-order valence-electron chi connectivity index (χ1n) is 6.95. The van der Waals surface area contributed by atoms with Gasteiger partial charge in [0.2, 0.25) is 0 Å². The highest BCUT2D eigenvalue weighted by Crippen LogP contribution is 2.17. The summed E-state index contributed by atoms with van der Waals surface area (Å²) in [7, 11) is 1.94. The average molecular weight is 265 g/mol. The highest BCUT2D eigenvalue weighted by Gasteiger charge is 2.13. The van der Waals surface area contributed by atoms with Crippen molar-refractivity contribution in [1.29, 1.82) is 0 Å². The van der Waals surface area contributed by atoms with Crippen LogP contribution in [-0.2, 0) is 16.0 Å². The van der Waals surface area contributed by atoms with Gasteiger partial charge in [0.15, 0.2) is 0 Å². The van der Waals surface area contributed by atoms with Crippen LogP contribution in [0.5, 0.6) is 5.75 Å². The molecule has 1 aliphatic heterocycles. The van der Waals surface area contributed by atoms with Gasteiger partial charge in [-0.2, -0.15) is 0 Å². The van der Waals surface area contributed by atoms with E-state index in [1.807, 2.05) is 25.2 Å². The fourth-order valence-corrected chi connectivity index (χ4v) is 2.19. The molecule has 106 valence electrons. The molecule has 0 aromatic heterocycles. The second kappa shape index (κ2) is 8.15. The van der Waals surface area contributed by atoms with Gasteiger partial charge in [0.1, 0.15) is 12.4 Å². The number of para-hydroxylation sites is 1. The van der Waals surface area contributed by atoms with Gasteiger partial charge in [0.25, 0.3) is 0 Å². The fraction of sp³-hybridized carbons (Fsp3) is 0.600. The molecule has 0 bridgehead atoms. The lowest BCUT2D eigenvalue weighted by Gasteiger charge is -2.22. The molecule has 2 rings (SSSR count). The van der Waals surface area contributed by atoms with Crippen molar-refractivity contribution in [3.63, 3.8) is 0 Å². The molecule has 0 radical (unpaired) electrons. The van der Waals surface area contributed by atoms with Crippen LogP contribution in [0.2, 0.25) is 0 Å². The Morgan fingerprint density at radius 2 is 2.00 bits per heavy atom. The van der Waals surface area contributed by atoms with Crippen molar-refractivity contribution in [1.82, 2.24) is 5.32 Å². The monoisotopic (exact) mass is 265 g/mol. The van der Waals surface area contributed by atoms with Crippen molar-refractivity contribution in [2.24, 2.45) is 0 Å². The summed E-state index contributed by atoms with van der Waals surface area (Å²) in [6, 6.07) is 8.10. The highest BCUT2D eigenvalue weighted by atomic mass is 16.5. The average Bonchev–Trinajstić information content (AvgIpc) is 2.47. The summed E-state index contributed by atoms with van der Waals surface area (Å²) in [4.78, 5) is 0. The van der Waals surface area contributed by atoms with Gasteiger partial charge in [-0.3, -0.25) is 0 Å². The summed E-state index contributed by atoms with van der Waals surface area (Å²) in [6.45, 7) is 3.68. The molecule has 1 heterocycles. The normalized spacial score (nSPS) is 16.5. The Bertz CT molecular complexity index is 364. The minimum Gasteiger partial charge on any atom is -0.491 e. The number of rotatable bonds is 7. The molecule has 1 fully saturated rings. The van der Waals surface area contributed by atoms with E-state index in [1.54, 1.807) is 0 Å². The smallest absolute Gasteiger partial charge is 0.123 e. The van der Waals surface area contributed by atoms with E-state index in [1.165, 1.54) is 5.56 Å². The Kier molecular flexibility index (Phi) is 6.14. The Morgan fingerprint density at radius 1 is 1.21 bits per heavy atom. The van der Waals surface area contributed by atoms with E-state index in [2.05, 4.69) is 11.4 Å². The predicted molar refractivity (Wildman–Crippen MR) is 74.5 cm³/mol. The summed E-state index contributed by atoms with van der Waals surface area (Å²) in [6.07, 6.45) is 2.33. The second-order valence-electron chi connectivity index (χ2n) is 4.67. The van der Waals surface area contributed by atoms with Gasteiger partial charge in [0.05, 0.1) is 12.7 Å². The number of benzene rings is 1. The lowest BCUT2D eigenvalue weighted by molar-refractivity contribution is -0.0388. The molecule has 1 aromatic carbocycles. The standard InChI is InChI=1S/C15H23NO3/c1-16-12-13-4-2-3-5-15(13)19-11-10-18-14-6-8-17-9-7-14/h2-5,14,16H,6-12H2,1H3. The van der Waals surface area contributed by atoms with E-state index in [4.69, 9.17) is 14.2 Å². The molecule has 1 aromatic rings. The zero-order chi connectivity index (χ0) is 13.3. The van der Waals surface area contributed by atoms with E-state index < -0.39 is 0 Å².